The monoisotopic (exact) mass is 310 g/mol. The molecular weight excluding hydrogens is 288 g/mol. The van der Waals surface area contributed by atoms with Crippen LogP contribution in [0.1, 0.15) is 18.2 Å². The summed E-state index contributed by atoms with van der Waals surface area (Å²) in [6, 6.07) is 7.79. The predicted molar refractivity (Wildman–Crippen MR) is 91.4 cm³/mol. The molecule has 3 rings (SSSR count). The second kappa shape index (κ2) is 6.36. The number of pyridine rings is 2. The first-order valence-electron chi connectivity index (χ1n) is 7.94. The number of rotatable bonds is 3. The highest BCUT2D eigenvalue weighted by Crippen LogP contribution is 2.28. The van der Waals surface area contributed by atoms with Crippen LogP contribution >= 0.6 is 0 Å². The Kier molecular flexibility index (Phi) is 4.28. The number of hydrogen-bond acceptors (Lipinski definition) is 4. The fourth-order valence-corrected chi connectivity index (χ4v) is 3.02. The fraction of sp³-hybridized carbons (Fsp3) is 0.389. The van der Waals surface area contributed by atoms with Gasteiger partial charge >= 0.3 is 0 Å². The Morgan fingerprint density at radius 3 is 2.83 bits per heavy atom. The number of nitrogens with zero attached hydrogens (tertiary/aromatic N) is 3. The number of hydrogen-bond donors (Lipinski definition) is 1. The Labute approximate surface area is 136 Å². The zero-order chi connectivity index (χ0) is 16.4. The lowest BCUT2D eigenvalue weighted by atomic mass is 9.97. The molecule has 1 saturated heterocycles. The van der Waals surface area contributed by atoms with Gasteiger partial charge in [-0.2, -0.15) is 0 Å². The van der Waals surface area contributed by atoms with Crippen molar-refractivity contribution in [3.63, 3.8) is 0 Å². The van der Waals surface area contributed by atoms with Gasteiger partial charge in [-0.25, -0.2) is 4.98 Å². The maximum atomic E-state index is 12.7. The second-order valence-corrected chi connectivity index (χ2v) is 6.31. The van der Waals surface area contributed by atoms with E-state index in [4.69, 9.17) is 0 Å². The minimum Gasteiger partial charge on any atom is -0.356 e. The van der Waals surface area contributed by atoms with Crippen molar-refractivity contribution >= 4 is 17.4 Å². The minimum absolute atomic E-state index is 0.0372. The van der Waals surface area contributed by atoms with E-state index in [2.05, 4.69) is 27.1 Å². The maximum absolute atomic E-state index is 12.7. The Bertz CT molecular complexity index is 701. The summed E-state index contributed by atoms with van der Waals surface area (Å²) in [6.45, 7) is 7.56. The summed E-state index contributed by atoms with van der Waals surface area (Å²) in [6.07, 6.45) is 3.58. The smallest absolute Gasteiger partial charge is 0.229 e. The summed E-state index contributed by atoms with van der Waals surface area (Å²) in [7, 11) is 0. The van der Waals surface area contributed by atoms with E-state index in [0.717, 1.165) is 29.3 Å². The first-order chi connectivity index (χ1) is 11.0. The number of aryl methyl sites for hydroxylation is 2. The average Bonchev–Trinajstić information content (AvgIpc) is 2.94. The first kappa shape index (κ1) is 15.5. The van der Waals surface area contributed by atoms with E-state index in [1.807, 2.05) is 38.1 Å². The first-order valence-corrected chi connectivity index (χ1v) is 7.94. The summed E-state index contributed by atoms with van der Waals surface area (Å²) >= 11 is 0. The third-order valence-corrected chi connectivity index (χ3v) is 4.42. The largest absolute Gasteiger partial charge is 0.356 e. The van der Waals surface area contributed by atoms with E-state index in [1.54, 1.807) is 12.4 Å². The molecule has 1 aliphatic rings. The number of carbonyl (C=O) groups is 1. The van der Waals surface area contributed by atoms with Gasteiger partial charge < -0.3 is 10.2 Å². The molecule has 1 fully saturated rings. The molecule has 2 aromatic rings. The Balaban J connectivity index is 1.71. The van der Waals surface area contributed by atoms with E-state index in [-0.39, 0.29) is 11.8 Å². The molecule has 2 atom stereocenters. The van der Waals surface area contributed by atoms with Crippen LogP contribution in [0.3, 0.4) is 0 Å². The highest BCUT2D eigenvalue weighted by atomic mass is 16.2. The summed E-state index contributed by atoms with van der Waals surface area (Å²) in [5.41, 5.74) is 2.74. The zero-order valence-corrected chi connectivity index (χ0v) is 13.8. The van der Waals surface area contributed by atoms with E-state index in [0.29, 0.717) is 12.5 Å². The van der Waals surface area contributed by atoms with Crippen LogP contribution in [0.4, 0.5) is 11.5 Å². The number of nitrogens with one attached hydrogen (secondary N) is 1. The predicted octanol–water partition coefficient (Wildman–Crippen LogP) is 2.80. The summed E-state index contributed by atoms with van der Waals surface area (Å²) < 4.78 is 0. The molecule has 0 aliphatic carbocycles. The van der Waals surface area contributed by atoms with Gasteiger partial charge in [0, 0.05) is 36.9 Å². The van der Waals surface area contributed by atoms with Crippen molar-refractivity contribution in [1.82, 2.24) is 9.97 Å². The van der Waals surface area contributed by atoms with Crippen LogP contribution in [0, 0.1) is 25.7 Å². The standard InChI is InChI=1S/C18H22N4O/c1-12-9-20-14(3)8-16(12)21-18(23)15-11-22(10-13(15)2)17-6-4-5-7-19-17/h4-9,13,15H,10-11H2,1-3H3,(H,20,21,23)/t13-,15-/m1/s1. The van der Waals surface area contributed by atoms with Crippen LogP contribution in [-0.2, 0) is 4.79 Å². The van der Waals surface area contributed by atoms with Crippen molar-refractivity contribution in [3.8, 4) is 0 Å². The van der Waals surface area contributed by atoms with Crippen LogP contribution in [0.25, 0.3) is 0 Å². The molecule has 0 aromatic carbocycles. The molecule has 3 heterocycles. The van der Waals surface area contributed by atoms with Crippen LogP contribution < -0.4 is 10.2 Å². The molecule has 0 saturated carbocycles. The van der Waals surface area contributed by atoms with Crippen molar-refractivity contribution in [2.24, 2.45) is 11.8 Å². The van der Waals surface area contributed by atoms with Crippen molar-refractivity contribution in [2.45, 2.75) is 20.8 Å². The van der Waals surface area contributed by atoms with Gasteiger partial charge in [0.1, 0.15) is 5.82 Å². The molecule has 0 bridgehead atoms. The van der Waals surface area contributed by atoms with Crippen LogP contribution in [0.15, 0.2) is 36.7 Å². The molecular formula is C18H22N4O. The van der Waals surface area contributed by atoms with Gasteiger partial charge in [-0.15, -0.1) is 0 Å². The average molecular weight is 310 g/mol. The molecule has 23 heavy (non-hydrogen) atoms. The fourth-order valence-electron chi connectivity index (χ4n) is 3.02. The van der Waals surface area contributed by atoms with Crippen molar-refractivity contribution < 1.29 is 4.79 Å². The van der Waals surface area contributed by atoms with Gasteiger partial charge in [-0.3, -0.25) is 9.78 Å². The highest BCUT2D eigenvalue weighted by Gasteiger charge is 2.35. The van der Waals surface area contributed by atoms with Crippen LogP contribution in [0.5, 0.6) is 0 Å². The minimum atomic E-state index is -0.0372. The lowest BCUT2D eigenvalue weighted by Gasteiger charge is -2.17. The molecule has 5 heteroatoms. The van der Waals surface area contributed by atoms with Crippen LogP contribution in [0.2, 0.25) is 0 Å². The normalized spacial score (nSPS) is 20.6. The number of aromatic nitrogens is 2. The molecule has 1 aliphatic heterocycles. The third-order valence-electron chi connectivity index (χ3n) is 4.42. The molecule has 0 unspecified atom stereocenters. The van der Waals surface area contributed by atoms with Gasteiger partial charge in [0.15, 0.2) is 0 Å². The van der Waals surface area contributed by atoms with Gasteiger partial charge in [-0.05, 0) is 43.5 Å². The van der Waals surface area contributed by atoms with E-state index >= 15 is 0 Å². The Morgan fingerprint density at radius 1 is 1.26 bits per heavy atom. The molecule has 2 aromatic heterocycles. The molecule has 1 amide bonds. The van der Waals surface area contributed by atoms with E-state index in [1.165, 1.54) is 0 Å². The van der Waals surface area contributed by atoms with Crippen molar-refractivity contribution in [1.29, 1.82) is 0 Å². The maximum Gasteiger partial charge on any atom is 0.229 e. The third kappa shape index (κ3) is 3.33. The summed E-state index contributed by atoms with van der Waals surface area (Å²) in [5, 5.41) is 3.07. The van der Waals surface area contributed by atoms with Crippen molar-refractivity contribution in [2.75, 3.05) is 23.3 Å². The summed E-state index contributed by atoms with van der Waals surface area (Å²) in [5.74, 6) is 1.26. The van der Waals surface area contributed by atoms with Gasteiger partial charge in [-0.1, -0.05) is 13.0 Å². The second-order valence-electron chi connectivity index (χ2n) is 6.31. The lowest BCUT2D eigenvalue weighted by molar-refractivity contribution is -0.120. The topological polar surface area (TPSA) is 58.1 Å². The summed E-state index contributed by atoms with van der Waals surface area (Å²) in [4.78, 5) is 23.5. The Morgan fingerprint density at radius 2 is 2.09 bits per heavy atom. The van der Waals surface area contributed by atoms with E-state index in [9.17, 15) is 4.79 Å². The quantitative estimate of drug-likeness (QED) is 0.947. The number of anilines is 2. The molecule has 120 valence electrons. The van der Waals surface area contributed by atoms with Crippen molar-refractivity contribution in [3.05, 3.63) is 47.9 Å². The Hall–Kier alpha value is -2.43. The number of amides is 1. The van der Waals surface area contributed by atoms with Gasteiger partial charge in [0.25, 0.3) is 0 Å². The zero-order valence-electron chi connectivity index (χ0n) is 13.8. The van der Waals surface area contributed by atoms with E-state index < -0.39 is 0 Å². The SMILES string of the molecule is Cc1cc(NC(=O)[C@@H]2CN(c3ccccn3)C[C@H]2C)c(C)cn1. The molecule has 0 spiro atoms. The van der Waals surface area contributed by atoms with Crippen LogP contribution in [-0.4, -0.2) is 29.0 Å². The van der Waals surface area contributed by atoms with Gasteiger partial charge in [0.2, 0.25) is 5.91 Å². The highest BCUT2D eigenvalue weighted by molar-refractivity contribution is 5.94. The number of carbonyl (C=O) groups excluding carboxylic acids is 1. The van der Waals surface area contributed by atoms with Gasteiger partial charge in [0.05, 0.1) is 5.92 Å². The molecule has 0 radical (unpaired) electrons. The lowest BCUT2D eigenvalue weighted by Crippen LogP contribution is -2.29. The molecule has 5 nitrogen and oxygen atoms in total. The molecule has 1 N–H and O–H groups in total.